The molecule has 1 aliphatic carbocycles. The van der Waals surface area contributed by atoms with Crippen LogP contribution in [0, 0.1) is 17.6 Å². The minimum Gasteiger partial charge on any atom is -0.310 e. The maximum absolute atomic E-state index is 13.3. The fourth-order valence-corrected chi connectivity index (χ4v) is 2.33. The Morgan fingerprint density at radius 1 is 1.31 bits per heavy atom. The van der Waals surface area contributed by atoms with Gasteiger partial charge in [-0.3, -0.25) is 0 Å². The predicted molar refractivity (Wildman–Crippen MR) is 60.0 cm³/mol. The molecule has 2 rings (SSSR count). The highest BCUT2D eigenvalue weighted by Crippen LogP contribution is 2.25. The van der Waals surface area contributed by atoms with E-state index in [1.807, 2.05) is 0 Å². The van der Waals surface area contributed by atoms with Crippen LogP contribution in [0.25, 0.3) is 0 Å². The van der Waals surface area contributed by atoms with Crippen molar-refractivity contribution in [1.29, 1.82) is 0 Å². The Bertz CT molecular complexity index is 365. The molecule has 1 N–H and O–H groups in total. The van der Waals surface area contributed by atoms with E-state index in [0.29, 0.717) is 18.2 Å². The average Bonchev–Trinajstić information content (AvgIpc) is 2.66. The summed E-state index contributed by atoms with van der Waals surface area (Å²) in [5.74, 6) is 0.0350. The first kappa shape index (κ1) is 11.5. The van der Waals surface area contributed by atoms with Crippen LogP contribution in [0.5, 0.6) is 0 Å². The van der Waals surface area contributed by atoms with E-state index in [9.17, 15) is 8.78 Å². The van der Waals surface area contributed by atoms with Crippen LogP contribution in [0.4, 0.5) is 8.78 Å². The molecule has 88 valence electrons. The van der Waals surface area contributed by atoms with Crippen molar-refractivity contribution >= 4 is 0 Å². The molecule has 3 heteroatoms. The van der Waals surface area contributed by atoms with E-state index in [0.717, 1.165) is 24.8 Å². The zero-order chi connectivity index (χ0) is 11.5. The fourth-order valence-electron chi connectivity index (χ4n) is 2.33. The Hall–Kier alpha value is -0.960. The molecule has 1 nitrogen and oxygen atoms in total. The molecule has 1 aromatic rings. The number of hydrogen-bond donors (Lipinski definition) is 1. The zero-order valence-electron chi connectivity index (χ0n) is 9.47. The molecular formula is C13H17F2N. The topological polar surface area (TPSA) is 12.0 Å². The highest BCUT2D eigenvalue weighted by molar-refractivity contribution is 5.18. The third-order valence-corrected chi connectivity index (χ3v) is 3.28. The van der Waals surface area contributed by atoms with Crippen LogP contribution in [0.3, 0.4) is 0 Å². The van der Waals surface area contributed by atoms with Crippen LogP contribution in [0.2, 0.25) is 0 Å². The second-order valence-electron chi connectivity index (χ2n) is 4.73. The maximum atomic E-state index is 13.3. The van der Waals surface area contributed by atoms with Gasteiger partial charge in [0.05, 0.1) is 0 Å². The van der Waals surface area contributed by atoms with Crippen molar-refractivity contribution in [2.24, 2.45) is 5.92 Å². The van der Waals surface area contributed by atoms with E-state index < -0.39 is 0 Å². The lowest BCUT2D eigenvalue weighted by Gasteiger charge is -2.12. The Balaban J connectivity index is 1.91. The molecule has 1 saturated carbocycles. The Morgan fingerprint density at radius 3 is 2.81 bits per heavy atom. The molecular weight excluding hydrogens is 208 g/mol. The van der Waals surface area contributed by atoms with Gasteiger partial charge in [-0.1, -0.05) is 6.92 Å². The van der Waals surface area contributed by atoms with Gasteiger partial charge in [0.1, 0.15) is 11.6 Å². The molecule has 0 heterocycles. The first-order valence-electron chi connectivity index (χ1n) is 5.82. The number of halogens is 2. The van der Waals surface area contributed by atoms with Crippen LogP contribution in [-0.2, 0) is 6.54 Å². The highest BCUT2D eigenvalue weighted by Gasteiger charge is 2.20. The van der Waals surface area contributed by atoms with Gasteiger partial charge in [-0.25, -0.2) is 8.78 Å². The third kappa shape index (κ3) is 2.79. The summed E-state index contributed by atoms with van der Waals surface area (Å²) in [6, 6.07) is 4.05. The summed E-state index contributed by atoms with van der Waals surface area (Å²) >= 11 is 0. The normalized spacial score (nSPS) is 24.9. The lowest BCUT2D eigenvalue weighted by molar-refractivity contribution is 0.489. The van der Waals surface area contributed by atoms with Crippen LogP contribution in [0.15, 0.2) is 18.2 Å². The zero-order valence-corrected chi connectivity index (χ0v) is 9.47. The van der Waals surface area contributed by atoms with E-state index in [1.54, 1.807) is 0 Å². The van der Waals surface area contributed by atoms with Crippen LogP contribution in [0.1, 0.15) is 31.7 Å². The lowest BCUT2D eigenvalue weighted by atomic mass is 10.1. The van der Waals surface area contributed by atoms with Gasteiger partial charge < -0.3 is 5.32 Å². The molecule has 1 fully saturated rings. The summed E-state index contributed by atoms with van der Waals surface area (Å²) in [6.07, 6.45) is 3.50. The van der Waals surface area contributed by atoms with Crippen molar-refractivity contribution in [3.63, 3.8) is 0 Å². The van der Waals surface area contributed by atoms with Gasteiger partial charge >= 0.3 is 0 Å². The van der Waals surface area contributed by atoms with Crippen molar-refractivity contribution in [2.75, 3.05) is 0 Å². The Morgan fingerprint density at radius 2 is 2.12 bits per heavy atom. The standard InChI is InChI=1S/C13H17F2N/c1-9-2-4-12(6-9)16-8-10-7-11(14)3-5-13(10)15/h3,5,7,9,12,16H,2,4,6,8H2,1H3. The van der Waals surface area contributed by atoms with Crippen LogP contribution >= 0.6 is 0 Å². The first-order valence-corrected chi connectivity index (χ1v) is 5.82. The number of nitrogens with one attached hydrogen (secondary N) is 1. The van der Waals surface area contributed by atoms with E-state index in [1.165, 1.54) is 18.6 Å². The average molecular weight is 225 g/mol. The van der Waals surface area contributed by atoms with Gasteiger partial charge in [0.15, 0.2) is 0 Å². The molecule has 0 bridgehead atoms. The molecule has 1 aromatic carbocycles. The molecule has 16 heavy (non-hydrogen) atoms. The molecule has 2 unspecified atom stereocenters. The van der Waals surface area contributed by atoms with Gasteiger partial charge in [0.25, 0.3) is 0 Å². The van der Waals surface area contributed by atoms with E-state index in [-0.39, 0.29) is 11.6 Å². The SMILES string of the molecule is CC1CCC(NCc2cc(F)ccc2F)C1. The van der Waals surface area contributed by atoms with Crippen molar-refractivity contribution in [3.8, 4) is 0 Å². The maximum Gasteiger partial charge on any atom is 0.127 e. The molecule has 0 radical (unpaired) electrons. The van der Waals surface area contributed by atoms with Crippen LogP contribution in [-0.4, -0.2) is 6.04 Å². The second kappa shape index (κ2) is 4.91. The van der Waals surface area contributed by atoms with E-state index in [2.05, 4.69) is 12.2 Å². The summed E-state index contributed by atoms with van der Waals surface area (Å²) in [6.45, 7) is 2.64. The summed E-state index contributed by atoms with van der Waals surface area (Å²) in [7, 11) is 0. The molecule has 0 saturated heterocycles. The molecule has 0 amide bonds. The van der Waals surface area contributed by atoms with Crippen LogP contribution < -0.4 is 5.32 Å². The summed E-state index contributed by atoms with van der Waals surface area (Å²) in [5, 5.41) is 3.29. The monoisotopic (exact) mass is 225 g/mol. The van der Waals surface area contributed by atoms with Crippen molar-refractivity contribution in [1.82, 2.24) is 5.32 Å². The number of benzene rings is 1. The van der Waals surface area contributed by atoms with Crippen molar-refractivity contribution < 1.29 is 8.78 Å². The molecule has 0 spiro atoms. The Labute approximate surface area is 94.9 Å². The summed E-state index contributed by atoms with van der Waals surface area (Å²) in [4.78, 5) is 0. The molecule has 1 aliphatic rings. The van der Waals surface area contributed by atoms with Gasteiger partial charge in [-0.15, -0.1) is 0 Å². The van der Waals surface area contributed by atoms with Gasteiger partial charge in [-0.05, 0) is 43.4 Å². The lowest BCUT2D eigenvalue weighted by Crippen LogP contribution is -2.26. The third-order valence-electron chi connectivity index (χ3n) is 3.28. The predicted octanol–water partition coefficient (Wildman–Crippen LogP) is 3.24. The largest absolute Gasteiger partial charge is 0.310 e. The van der Waals surface area contributed by atoms with Crippen molar-refractivity contribution in [2.45, 2.75) is 38.8 Å². The van der Waals surface area contributed by atoms with Gasteiger partial charge in [0.2, 0.25) is 0 Å². The van der Waals surface area contributed by atoms with E-state index in [4.69, 9.17) is 0 Å². The summed E-state index contributed by atoms with van der Waals surface area (Å²) in [5.41, 5.74) is 0.416. The minimum atomic E-state index is -0.377. The van der Waals surface area contributed by atoms with Gasteiger partial charge in [0, 0.05) is 18.2 Å². The summed E-state index contributed by atoms with van der Waals surface area (Å²) < 4.78 is 26.2. The Kier molecular flexibility index (Phi) is 3.54. The highest BCUT2D eigenvalue weighted by atomic mass is 19.1. The smallest absolute Gasteiger partial charge is 0.127 e. The number of hydrogen-bond acceptors (Lipinski definition) is 1. The molecule has 0 aliphatic heterocycles. The molecule has 0 aromatic heterocycles. The first-order chi connectivity index (χ1) is 7.65. The van der Waals surface area contributed by atoms with Gasteiger partial charge in [-0.2, -0.15) is 0 Å². The fraction of sp³-hybridized carbons (Fsp3) is 0.538. The molecule has 2 atom stereocenters. The second-order valence-corrected chi connectivity index (χ2v) is 4.73. The number of rotatable bonds is 3. The van der Waals surface area contributed by atoms with Crippen molar-refractivity contribution in [3.05, 3.63) is 35.4 Å². The minimum absolute atomic E-state index is 0.333. The van der Waals surface area contributed by atoms with E-state index >= 15 is 0 Å². The quantitative estimate of drug-likeness (QED) is 0.832.